The second kappa shape index (κ2) is 7.93. The Morgan fingerprint density at radius 1 is 1.19 bits per heavy atom. The summed E-state index contributed by atoms with van der Waals surface area (Å²) in [5.74, 6) is 0.287. The molecule has 1 amide bonds. The predicted octanol–water partition coefficient (Wildman–Crippen LogP) is 5.41. The molecule has 2 heterocycles. The minimum Gasteiger partial charge on any atom is -0.322 e. The van der Waals surface area contributed by atoms with E-state index in [1.165, 1.54) is 5.56 Å². The highest BCUT2D eigenvalue weighted by atomic mass is 16.1. The smallest absolute Gasteiger partial charge is 0.255 e. The van der Waals surface area contributed by atoms with Gasteiger partial charge in [-0.05, 0) is 65.9 Å². The maximum Gasteiger partial charge on any atom is 0.255 e. The zero-order chi connectivity index (χ0) is 22.2. The Morgan fingerprint density at radius 2 is 2.00 bits per heavy atom. The van der Waals surface area contributed by atoms with E-state index in [-0.39, 0.29) is 11.8 Å². The number of nitrogens with one attached hydrogen (secondary N) is 1. The second-order valence-corrected chi connectivity index (χ2v) is 8.54. The highest BCUT2D eigenvalue weighted by Gasteiger charge is 2.41. The summed E-state index contributed by atoms with van der Waals surface area (Å²) >= 11 is 0. The Balaban J connectivity index is 1.43. The van der Waals surface area contributed by atoms with Crippen molar-refractivity contribution in [3.05, 3.63) is 89.4 Å². The average molecular weight is 422 g/mol. The summed E-state index contributed by atoms with van der Waals surface area (Å²) < 4.78 is 2.06. The summed E-state index contributed by atoms with van der Waals surface area (Å²) in [4.78, 5) is 17.2. The first kappa shape index (κ1) is 20.0. The van der Waals surface area contributed by atoms with Crippen molar-refractivity contribution in [1.82, 2.24) is 14.8 Å². The minimum absolute atomic E-state index is 0.0653. The molecule has 2 atom stereocenters. The summed E-state index contributed by atoms with van der Waals surface area (Å²) in [7, 11) is 0. The van der Waals surface area contributed by atoms with Crippen LogP contribution in [0.4, 0.5) is 5.69 Å². The van der Waals surface area contributed by atoms with Gasteiger partial charge in [-0.25, -0.2) is 0 Å². The first-order valence-corrected chi connectivity index (χ1v) is 10.8. The fourth-order valence-electron chi connectivity index (χ4n) is 4.48. The second-order valence-electron chi connectivity index (χ2n) is 8.54. The number of carbonyl (C=O) groups is 1. The number of carbonyl (C=O) groups excluding carboxylic acids is 1. The molecule has 1 N–H and O–H groups in total. The molecule has 5 rings (SSSR count). The van der Waals surface area contributed by atoms with Crippen LogP contribution < -0.4 is 5.32 Å². The van der Waals surface area contributed by atoms with Crippen molar-refractivity contribution >= 4 is 22.5 Å². The molecule has 2 aromatic heterocycles. The van der Waals surface area contributed by atoms with Crippen molar-refractivity contribution in [3.8, 4) is 6.07 Å². The fraction of sp³-hybridized carbons (Fsp3) is 0.231. The number of aromatic nitrogens is 3. The maximum atomic E-state index is 13.1. The zero-order valence-corrected chi connectivity index (χ0v) is 18.0. The van der Waals surface area contributed by atoms with E-state index in [1.807, 2.05) is 50.6 Å². The molecule has 0 bridgehead atoms. The van der Waals surface area contributed by atoms with E-state index in [2.05, 4.69) is 38.3 Å². The van der Waals surface area contributed by atoms with E-state index in [0.29, 0.717) is 28.8 Å². The number of nitrogens with zero attached hydrogens (tertiary/aromatic N) is 4. The molecule has 0 radical (unpaired) electrons. The topological polar surface area (TPSA) is 83.6 Å². The third-order valence-corrected chi connectivity index (χ3v) is 6.11. The first-order chi connectivity index (χ1) is 15.6. The van der Waals surface area contributed by atoms with Gasteiger partial charge < -0.3 is 5.32 Å². The van der Waals surface area contributed by atoms with Crippen molar-refractivity contribution in [2.75, 3.05) is 5.32 Å². The van der Waals surface area contributed by atoms with Crippen LogP contribution in [0.15, 0.2) is 67.1 Å². The number of fused-ring (bicyclic) bond motifs is 1. The van der Waals surface area contributed by atoms with E-state index >= 15 is 0 Å². The van der Waals surface area contributed by atoms with Gasteiger partial charge in [0, 0.05) is 34.9 Å². The van der Waals surface area contributed by atoms with Crippen LogP contribution in [0, 0.1) is 11.3 Å². The molecule has 0 spiro atoms. The monoisotopic (exact) mass is 421 g/mol. The van der Waals surface area contributed by atoms with Crippen LogP contribution in [-0.2, 0) is 0 Å². The number of amides is 1. The average Bonchev–Trinajstić information content (AvgIpc) is 3.50. The van der Waals surface area contributed by atoms with Crippen LogP contribution in [0.3, 0.4) is 0 Å². The van der Waals surface area contributed by atoms with E-state index in [0.717, 1.165) is 22.9 Å². The quantitative estimate of drug-likeness (QED) is 0.467. The first-order valence-electron chi connectivity index (χ1n) is 10.8. The number of hydrogen-bond donors (Lipinski definition) is 1. The number of hydrogen-bond acceptors (Lipinski definition) is 4. The van der Waals surface area contributed by atoms with Crippen LogP contribution in [0.5, 0.6) is 0 Å². The molecule has 1 saturated carbocycles. The molecular weight excluding hydrogens is 398 g/mol. The van der Waals surface area contributed by atoms with E-state index < -0.39 is 0 Å². The van der Waals surface area contributed by atoms with Gasteiger partial charge in [0.25, 0.3) is 5.91 Å². The summed E-state index contributed by atoms with van der Waals surface area (Å²) in [6.45, 7) is 3.98. The van der Waals surface area contributed by atoms with Gasteiger partial charge in [0.15, 0.2) is 0 Å². The standard InChI is InChI=1S/C26H23N5O/c1-16(2)25-18(14-27)4-3-5-21(25)26(32)30-20-7-6-19-15-29-31(23(19)12-20)24-13-22(24)17-8-10-28-11-9-17/h3-12,15-16,22,24H,13H2,1-2H3,(H,30,32)/t22-,24+/m1/s1. The summed E-state index contributed by atoms with van der Waals surface area (Å²) in [6.07, 6.45) is 6.56. The van der Waals surface area contributed by atoms with Crippen molar-refractivity contribution in [2.24, 2.45) is 0 Å². The minimum atomic E-state index is -0.211. The predicted molar refractivity (Wildman–Crippen MR) is 124 cm³/mol. The van der Waals surface area contributed by atoms with Gasteiger partial charge in [0.05, 0.1) is 29.4 Å². The lowest BCUT2D eigenvalue weighted by atomic mass is 9.92. The molecule has 1 aliphatic rings. The molecular formula is C26H23N5O. The van der Waals surface area contributed by atoms with Gasteiger partial charge in [0.2, 0.25) is 0 Å². The summed E-state index contributed by atoms with van der Waals surface area (Å²) in [6, 6.07) is 17.8. The third kappa shape index (κ3) is 3.52. The molecule has 4 aromatic rings. The van der Waals surface area contributed by atoms with Crippen molar-refractivity contribution in [3.63, 3.8) is 0 Å². The molecule has 2 aromatic carbocycles. The Morgan fingerprint density at radius 3 is 2.75 bits per heavy atom. The molecule has 1 fully saturated rings. The van der Waals surface area contributed by atoms with E-state index in [4.69, 9.17) is 0 Å². The van der Waals surface area contributed by atoms with Gasteiger partial charge in [-0.15, -0.1) is 0 Å². The molecule has 6 nitrogen and oxygen atoms in total. The number of benzene rings is 2. The molecule has 0 aliphatic heterocycles. The number of nitriles is 1. The van der Waals surface area contributed by atoms with Gasteiger partial charge in [0.1, 0.15) is 0 Å². The van der Waals surface area contributed by atoms with Gasteiger partial charge in [-0.3, -0.25) is 14.5 Å². The number of pyridine rings is 1. The van der Waals surface area contributed by atoms with Crippen molar-refractivity contribution in [2.45, 2.75) is 38.1 Å². The van der Waals surface area contributed by atoms with E-state index in [1.54, 1.807) is 18.2 Å². The Labute approximate surface area is 186 Å². The lowest BCUT2D eigenvalue weighted by Gasteiger charge is -2.14. The van der Waals surface area contributed by atoms with Gasteiger partial charge >= 0.3 is 0 Å². The molecule has 0 saturated heterocycles. The van der Waals surface area contributed by atoms with Crippen LogP contribution in [0.25, 0.3) is 10.9 Å². The molecule has 6 heteroatoms. The van der Waals surface area contributed by atoms with Crippen LogP contribution >= 0.6 is 0 Å². The number of rotatable bonds is 5. The Bertz CT molecular complexity index is 1350. The number of anilines is 1. The highest BCUT2D eigenvalue weighted by Crippen LogP contribution is 2.51. The van der Waals surface area contributed by atoms with Gasteiger partial charge in [-0.1, -0.05) is 19.9 Å². The van der Waals surface area contributed by atoms with E-state index in [9.17, 15) is 10.1 Å². The SMILES string of the molecule is CC(C)c1c(C#N)cccc1C(=O)Nc1ccc2cnn([C@H]3C[C@@H]3c3ccncc3)c2c1. The lowest BCUT2D eigenvalue weighted by molar-refractivity contribution is 0.102. The van der Waals surface area contributed by atoms with Gasteiger partial charge in [-0.2, -0.15) is 10.4 Å². The summed E-state index contributed by atoms with van der Waals surface area (Å²) in [5, 5.41) is 18.1. The molecule has 1 aliphatic carbocycles. The Hall–Kier alpha value is -3.98. The molecule has 158 valence electrons. The lowest BCUT2D eigenvalue weighted by Crippen LogP contribution is -2.16. The maximum absolute atomic E-state index is 13.1. The third-order valence-electron chi connectivity index (χ3n) is 6.11. The van der Waals surface area contributed by atoms with Crippen LogP contribution in [-0.4, -0.2) is 20.7 Å². The normalized spacial score (nSPS) is 17.3. The molecule has 0 unspecified atom stereocenters. The summed E-state index contributed by atoms with van der Waals surface area (Å²) in [5.41, 5.74) is 4.83. The van der Waals surface area contributed by atoms with Crippen molar-refractivity contribution < 1.29 is 4.79 Å². The largest absolute Gasteiger partial charge is 0.322 e. The van der Waals surface area contributed by atoms with Crippen LogP contribution in [0.2, 0.25) is 0 Å². The Kier molecular flexibility index (Phi) is 4.95. The highest BCUT2D eigenvalue weighted by molar-refractivity contribution is 6.06. The zero-order valence-electron chi connectivity index (χ0n) is 18.0. The fourth-order valence-corrected chi connectivity index (χ4v) is 4.48. The van der Waals surface area contributed by atoms with Crippen molar-refractivity contribution in [1.29, 1.82) is 5.26 Å². The van der Waals surface area contributed by atoms with Crippen LogP contribution in [0.1, 0.15) is 65.2 Å². The molecule has 32 heavy (non-hydrogen) atoms.